The van der Waals surface area contributed by atoms with Crippen molar-refractivity contribution in [1.82, 2.24) is 0 Å². The van der Waals surface area contributed by atoms with E-state index in [2.05, 4.69) is 19.1 Å². The van der Waals surface area contributed by atoms with E-state index >= 15 is 0 Å². The van der Waals surface area contributed by atoms with Gasteiger partial charge in [-0.3, -0.25) is 0 Å². The predicted octanol–water partition coefficient (Wildman–Crippen LogP) is 4.38. The Morgan fingerprint density at radius 1 is 1.13 bits per heavy atom. The van der Waals surface area contributed by atoms with Gasteiger partial charge < -0.3 is 4.74 Å². The Kier molecular flexibility index (Phi) is 6.77. The standard InChI is InChI=1S/C12H18OS2/c1-3-4-9-14-15-10-11-5-7-12(13-2)8-6-11/h5-8H,3-4,9-10H2,1-2H3. The quantitative estimate of drug-likeness (QED) is 0.519. The monoisotopic (exact) mass is 242 g/mol. The molecule has 0 bridgehead atoms. The summed E-state index contributed by atoms with van der Waals surface area (Å²) in [5.41, 5.74) is 1.37. The van der Waals surface area contributed by atoms with Crippen LogP contribution in [0.2, 0.25) is 0 Å². The fourth-order valence-corrected chi connectivity index (χ4v) is 3.40. The first-order valence-electron chi connectivity index (χ1n) is 5.24. The van der Waals surface area contributed by atoms with Crippen molar-refractivity contribution < 1.29 is 4.74 Å². The lowest BCUT2D eigenvalue weighted by Crippen LogP contribution is -1.83. The lowest BCUT2D eigenvalue weighted by molar-refractivity contribution is 0.414. The molecule has 0 saturated heterocycles. The van der Waals surface area contributed by atoms with Gasteiger partial charge in [0.2, 0.25) is 0 Å². The molecule has 0 aliphatic heterocycles. The van der Waals surface area contributed by atoms with Crippen molar-refractivity contribution in [2.75, 3.05) is 12.9 Å². The third-order valence-electron chi connectivity index (χ3n) is 2.05. The van der Waals surface area contributed by atoms with Crippen LogP contribution in [0.15, 0.2) is 24.3 Å². The van der Waals surface area contributed by atoms with Crippen molar-refractivity contribution in [2.45, 2.75) is 25.5 Å². The van der Waals surface area contributed by atoms with Gasteiger partial charge in [0, 0.05) is 11.5 Å². The summed E-state index contributed by atoms with van der Waals surface area (Å²) in [5.74, 6) is 3.28. The average Bonchev–Trinajstić information content (AvgIpc) is 2.30. The van der Waals surface area contributed by atoms with Gasteiger partial charge in [0.05, 0.1) is 7.11 Å². The first-order valence-corrected chi connectivity index (χ1v) is 7.73. The van der Waals surface area contributed by atoms with Crippen molar-refractivity contribution in [1.29, 1.82) is 0 Å². The summed E-state index contributed by atoms with van der Waals surface area (Å²) in [7, 11) is 5.60. The van der Waals surface area contributed by atoms with E-state index in [1.807, 2.05) is 33.7 Å². The molecule has 0 fully saturated rings. The van der Waals surface area contributed by atoms with Gasteiger partial charge in [0.25, 0.3) is 0 Å². The van der Waals surface area contributed by atoms with Gasteiger partial charge in [-0.15, -0.1) is 0 Å². The van der Waals surface area contributed by atoms with Crippen LogP contribution in [0.4, 0.5) is 0 Å². The van der Waals surface area contributed by atoms with E-state index in [9.17, 15) is 0 Å². The Balaban J connectivity index is 2.20. The van der Waals surface area contributed by atoms with E-state index in [4.69, 9.17) is 4.74 Å². The topological polar surface area (TPSA) is 9.23 Å². The van der Waals surface area contributed by atoms with Crippen molar-refractivity contribution in [3.63, 3.8) is 0 Å². The second-order valence-electron chi connectivity index (χ2n) is 3.29. The fourth-order valence-electron chi connectivity index (χ4n) is 1.09. The van der Waals surface area contributed by atoms with Gasteiger partial charge in [-0.1, -0.05) is 47.1 Å². The summed E-state index contributed by atoms with van der Waals surface area (Å²) in [6.07, 6.45) is 2.61. The van der Waals surface area contributed by atoms with Crippen LogP contribution in [0, 0.1) is 0 Å². The molecule has 0 saturated carbocycles. The smallest absolute Gasteiger partial charge is 0.118 e. The molecule has 0 atom stereocenters. The maximum atomic E-state index is 5.11. The Labute approximate surface area is 100 Å². The lowest BCUT2D eigenvalue weighted by atomic mass is 10.2. The van der Waals surface area contributed by atoms with Crippen LogP contribution in [0.25, 0.3) is 0 Å². The molecule has 0 spiro atoms. The molecule has 1 nitrogen and oxygen atoms in total. The molecule has 0 aromatic heterocycles. The fraction of sp³-hybridized carbons (Fsp3) is 0.500. The van der Waals surface area contributed by atoms with Crippen LogP contribution < -0.4 is 4.74 Å². The molecule has 15 heavy (non-hydrogen) atoms. The molecule has 0 radical (unpaired) electrons. The normalized spacial score (nSPS) is 10.3. The minimum Gasteiger partial charge on any atom is -0.497 e. The van der Waals surface area contributed by atoms with E-state index in [0.717, 1.165) is 11.5 Å². The summed E-state index contributed by atoms with van der Waals surface area (Å²) in [5, 5.41) is 0. The number of unbranched alkanes of at least 4 members (excludes halogenated alkanes) is 1. The molecule has 1 aromatic rings. The first kappa shape index (κ1) is 12.8. The number of rotatable bonds is 7. The third kappa shape index (κ3) is 5.38. The van der Waals surface area contributed by atoms with Crippen molar-refractivity contribution >= 4 is 21.6 Å². The van der Waals surface area contributed by atoms with E-state index in [0.29, 0.717) is 0 Å². The van der Waals surface area contributed by atoms with Crippen molar-refractivity contribution in [3.05, 3.63) is 29.8 Å². The highest BCUT2D eigenvalue weighted by Crippen LogP contribution is 2.27. The number of methoxy groups -OCH3 is 1. The minimum absolute atomic E-state index is 0.933. The molecule has 1 aromatic carbocycles. The Bertz CT molecular complexity index is 259. The second-order valence-corrected chi connectivity index (χ2v) is 5.87. The zero-order chi connectivity index (χ0) is 10.9. The van der Waals surface area contributed by atoms with Crippen LogP contribution in [-0.2, 0) is 5.75 Å². The Hall–Kier alpha value is -0.280. The highest BCUT2D eigenvalue weighted by Gasteiger charge is 1.95. The van der Waals surface area contributed by atoms with Crippen molar-refractivity contribution in [2.24, 2.45) is 0 Å². The molecule has 0 amide bonds. The van der Waals surface area contributed by atoms with E-state index in [1.165, 1.54) is 24.2 Å². The zero-order valence-electron chi connectivity index (χ0n) is 9.36. The van der Waals surface area contributed by atoms with Crippen LogP contribution in [0.1, 0.15) is 25.3 Å². The van der Waals surface area contributed by atoms with Gasteiger partial charge in [0.1, 0.15) is 5.75 Å². The molecule has 3 heteroatoms. The van der Waals surface area contributed by atoms with Gasteiger partial charge in [-0.2, -0.15) is 0 Å². The van der Waals surface area contributed by atoms with Crippen LogP contribution in [-0.4, -0.2) is 12.9 Å². The Morgan fingerprint density at radius 2 is 1.87 bits per heavy atom. The number of benzene rings is 1. The van der Waals surface area contributed by atoms with Crippen LogP contribution in [0.5, 0.6) is 5.75 Å². The summed E-state index contributed by atoms with van der Waals surface area (Å²) in [4.78, 5) is 0. The highest BCUT2D eigenvalue weighted by molar-refractivity contribution is 8.76. The summed E-state index contributed by atoms with van der Waals surface area (Å²) in [6.45, 7) is 2.23. The van der Waals surface area contributed by atoms with Crippen molar-refractivity contribution in [3.8, 4) is 5.75 Å². The largest absolute Gasteiger partial charge is 0.497 e. The van der Waals surface area contributed by atoms with Gasteiger partial charge in [0.15, 0.2) is 0 Å². The SMILES string of the molecule is CCCCSSCc1ccc(OC)cc1. The first-order chi connectivity index (χ1) is 7.36. The zero-order valence-corrected chi connectivity index (χ0v) is 11.0. The Morgan fingerprint density at radius 3 is 2.47 bits per heavy atom. The number of ether oxygens (including phenoxy) is 1. The van der Waals surface area contributed by atoms with E-state index in [-0.39, 0.29) is 0 Å². The predicted molar refractivity (Wildman–Crippen MR) is 71.7 cm³/mol. The lowest BCUT2D eigenvalue weighted by Gasteiger charge is -2.03. The highest BCUT2D eigenvalue weighted by atomic mass is 33.1. The minimum atomic E-state index is 0.933. The third-order valence-corrected chi connectivity index (χ3v) is 4.48. The maximum Gasteiger partial charge on any atom is 0.118 e. The average molecular weight is 242 g/mol. The second kappa shape index (κ2) is 7.94. The molecular formula is C12H18OS2. The molecule has 0 aliphatic carbocycles. The molecule has 1 rings (SSSR count). The number of hydrogen-bond donors (Lipinski definition) is 0. The molecule has 0 N–H and O–H groups in total. The summed E-state index contributed by atoms with van der Waals surface area (Å²) < 4.78 is 5.11. The molecule has 0 heterocycles. The molecule has 0 unspecified atom stereocenters. The molecule has 0 aliphatic rings. The summed E-state index contributed by atoms with van der Waals surface area (Å²) >= 11 is 0. The van der Waals surface area contributed by atoms with Crippen LogP contribution in [0.3, 0.4) is 0 Å². The van der Waals surface area contributed by atoms with Gasteiger partial charge in [-0.05, 0) is 24.1 Å². The van der Waals surface area contributed by atoms with E-state index in [1.54, 1.807) is 7.11 Å². The number of hydrogen-bond acceptors (Lipinski definition) is 3. The van der Waals surface area contributed by atoms with Crippen LogP contribution >= 0.6 is 21.6 Å². The van der Waals surface area contributed by atoms with E-state index < -0.39 is 0 Å². The summed E-state index contributed by atoms with van der Waals surface area (Å²) in [6, 6.07) is 8.30. The molecular weight excluding hydrogens is 224 g/mol. The molecule has 84 valence electrons. The van der Waals surface area contributed by atoms with Gasteiger partial charge >= 0.3 is 0 Å². The van der Waals surface area contributed by atoms with Gasteiger partial charge in [-0.25, -0.2) is 0 Å². The maximum absolute atomic E-state index is 5.11.